The van der Waals surface area contributed by atoms with Crippen LogP contribution in [0.2, 0.25) is 0 Å². The van der Waals surface area contributed by atoms with Gasteiger partial charge in [-0.1, -0.05) is 25.1 Å². The zero-order valence-electron chi connectivity index (χ0n) is 10.4. The zero-order chi connectivity index (χ0) is 13.1. The second kappa shape index (κ2) is 5.48. The number of amides is 1. The van der Waals surface area contributed by atoms with Crippen LogP contribution in [-0.4, -0.2) is 24.2 Å². The molecule has 4 heteroatoms. The Morgan fingerprint density at radius 3 is 2.94 bits per heavy atom. The van der Waals surface area contributed by atoms with Crippen LogP contribution in [0.3, 0.4) is 0 Å². The number of aliphatic hydroxyl groups excluding tert-OH is 1. The van der Waals surface area contributed by atoms with Gasteiger partial charge in [0.2, 0.25) is 5.91 Å². The van der Waals surface area contributed by atoms with Crippen LogP contribution in [0.5, 0.6) is 0 Å². The molecule has 0 spiro atoms. The van der Waals surface area contributed by atoms with Gasteiger partial charge in [-0.25, -0.2) is 4.39 Å². The van der Waals surface area contributed by atoms with Crippen LogP contribution in [-0.2, 0) is 4.79 Å². The molecule has 2 rings (SSSR count). The number of hydrogen-bond acceptors (Lipinski definition) is 2. The Morgan fingerprint density at radius 2 is 2.28 bits per heavy atom. The highest BCUT2D eigenvalue weighted by Crippen LogP contribution is 2.48. The maximum Gasteiger partial charge on any atom is 0.223 e. The van der Waals surface area contributed by atoms with Crippen molar-refractivity contribution in [3.63, 3.8) is 0 Å². The molecular formula is C14H18FNO2. The Kier molecular flexibility index (Phi) is 3.97. The van der Waals surface area contributed by atoms with Gasteiger partial charge in [-0.15, -0.1) is 0 Å². The molecule has 1 aromatic carbocycles. The fourth-order valence-corrected chi connectivity index (χ4v) is 2.07. The number of carbonyl (C=O) groups excluding carboxylic acids is 1. The van der Waals surface area contributed by atoms with E-state index in [1.165, 1.54) is 6.07 Å². The summed E-state index contributed by atoms with van der Waals surface area (Å²) in [5.41, 5.74) is 0.632. The Balaban J connectivity index is 1.88. The summed E-state index contributed by atoms with van der Waals surface area (Å²) in [4.78, 5) is 11.8. The number of rotatable bonds is 5. The second-order valence-corrected chi connectivity index (χ2v) is 5.00. The Labute approximate surface area is 106 Å². The van der Waals surface area contributed by atoms with Gasteiger partial charge in [-0.3, -0.25) is 4.79 Å². The van der Waals surface area contributed by atoms with E-state index in [2.05, 4.69) is 5.32 Å². The van der Waals surface area contributed by atoms with Crippen LogP contribution < -0.4 is 5.32 Å². The molecule has 3 nitrogen and oxygen atoms in total. The standard InChI is InChI=1S/C14H18FNO2/c1-9(8-17)7-16-14(18)12-6-11(12)10-4-2-3-5-13(10)15/h2-5,9,11-12,17H,6-8H2,1H3,(H,16,18). The minimum Gasteiger partial charge on any atom is -0.396 e. The first-order valence-corrected chi connectivity index (χ1v) is 6.26. The fraction of sp³-hybridized carbons (Fsp3) is 0.500. The predicted molar refractivity (Wildman–Crippen MR) is 66.5 cm³/mol. The summed E-state index contributed by atoms with van der Waals surface area (Å²) in [5.74, 6) is -0.326. The molecule has 0 aromatic heterocycles. The van der Waals surface area contributed by atoms with Crippen molar-refractivity contribution >= 4 is 5.91 Å². The molecule has 0 aliphatic heterocycles. The summed E-state index contributed by atoms with van der Waals surface area (Å²) in [5, 5.41) is 11.7. The lowest BCUT2D eigenvalue weighted by Crippen LogP contribution is -2.31. The first-order valence-electron chi connectivity index (χ1n) is 6.26. The number of carbonyl (C=O) groups is 1. The molecule has 1 amide bonds. The largest absolute Gasteiger partial charge is 0.396 e. The molecule has 1 aromatic rings. The van der Waals surface area contributed by atoms with Crippen molar-refractivity contribution in [1.29, 1.82) is 0 Å². The fourth-order valence-electron chi connectivity index (χ4n) is 2.07. The average Bonchev–Trinajstić information content (AvgIpc) is 3.16. The number of hydrogen-bond donors (Lipinski definition) is 2. The molecule has 1 aliphatic rings. The highest BCUT2D eigenvalue weighted by atomic mass is 19.1. The summed E-state index contributed by atoms with van der Waals surface area (Å²) >= 11 is 0. The third-order valence-corrected chi connectivity index (χ3v) is 3.37. The van der Waals surface area contributed by atoms with Crippen molar-refractivity contribution < 1.29 is 14.3 Å². The van der Waals surface area contributed by atoms with Crippen LogP contribution in [0.15, 0.2) is 24.3 Å². The molecule has 18 heavy (non-hydrogen) atoms. The third kappa shape index (κ3) is 2.88. The monoisotopic (exact) mass is 251 g/mol. The summed E-state index contributed by atoms with van der Waals surface area (Å²) in [6.07, 6.45) is 0.709. The Bertz CT molecular complexity index is 436. The van der Waals surface area contributed by atoms with Gasteiger partial charge in [-0.05, 0) is 29.9 Å². The van der Waals surface area contributed by atoms with Gasteiger partial charge in [0.1, 0.15) is 5.82 Å². The molecule has 3 unspecified atom stereocenters. The third-order valence-electron chi connectivity index (χ3n) is 3.37. The van der Waals surface area contributed by atoms with E-state index in [0.717, 1.165) is 0 Å². The van der Waals surface area contributed by atoms with E-state index < -0.39 is 0 Å². The van der Waals surface area contributed by atoms with Crippen LogP contribution in [0, 0.1) is 17.7 Å². The lowest BCUT2D eigenvalue weighted by molar-refractivity contribution is -0.122. The molecule has 0 bridgehead atoms. The van der Waals surface area contributed by atoms with Crippen LogP contribution in [0.25, 0.3) is 0 Å². The highest BCUT2D eigenvalue weighted by Gasteiger charge is 2.44. The van der Waals surface area contributed by atoms with Gasteiger partial charge < -0.3 is 10.4 Å². The van der Waals surface area contributed by atoms with Crippen molar-refractivity contribution in [2.45, 2.75) is 19.3 Å². The molecule has 1 saturated carbocycles. The first-order chi connectivity index (χ1) is 8.63. The van der Waals surface area contributed by atoms with Crippen molar-refractivity contribution in [1.82, 2.24) is 5.32 Å². The molecule has 98 valence electrons. The van der Waals surface area contributed by atoms with Gasteiger partial charge in [0.25, 0.3) is 0 Å². The quantitative estimate of drug-likeness (QED) is 0.836. The van der Waals surface area contributed by atoms with Gasteiger partial charge in [0, 0.05) is 19.1 Å². The maximum absolute atomic E-state index is 13.5. The van der Waals surface area contributed by atoms with E-state index in [-0.39, 0.29) is 36.1 Å². The normalized spacial score (nSPS) is 23.5. The van der Waals surface area contributed by atoms with Crippen LogP contribution in [0.4, 0.5) is 4.39 Å². The van der Waals surface area contributed by atoms with Crippen molar-refractivity contribution in [2.24, 2.45) is 11.8 Å². The zero-order valence-corrected chi connectivity index (χ0v) is 10.4. The van der Waals surface area contributed by atoms with Gasteiger partial charge in [0.05, 0.1) is 0 Å². The first kappa shape index (κ1) is 13.0. The predicted octanol–water partition coefficient (Wildman–Crippen LogP) is 1.67. The van der Waals surface area contributed by atoms with Gasteiger partial charge >= 0.3 is 0 Å². The summed E-state index contributed by atoms with van der Waals surface area (Å²) in [6, 6.07) is 6.61. The Morgan fingerprint density at radius 1 is 1.56 bits per heavy atom. The molecule has 0 saturated heterocycles. The summed E-state index contributed by atoms with van der Waals surface area (Å²) in [7, 11) is 0. The lowest BCUT2D eigenvalue weighted by atomic mass is 10.1. The molecule has 1 fully saturated rings. The van der Waals surface area contributed by atoms with Crippen molar-refractivity contribution in [3.05, 3.63) is 35.6 Å². The summed E-state index contributed by atoms with van der Waals surface area (Å²) < 4.78 is 13.5. The highest BCUT2D eigenvalue weighted by molar-refractivity contribution is 5.82. The van der Waals surface area contributed by atoms with Crippen LogP contribution in [0.1, 0.15) is 24.8 Å². The smallest absolute Gasteiger partial charge is 0.223 e. The number of aliphatic hydroxyl groups is 1. The summed E-state index contributed by atoms with van der Waals surface area (Å²) in [6.45, 7) is 2.39. The van der Waals surface area contributed by atoms with E-state index in [1.807, 2.05) is 6.92 Å². The number of halogens is 1. The van der Waals surface area contributed by atoms with Gasteiger partial charge in [-0.2, -0.15) is 0 Å². The molecule has 2 N–H and O–H groups in total. The maximum atomic E-state index is 13.5. The topological polar surface area (TPSA) is 49.3 Å². The molecular weight excluding hydrogens is 233 g/mol. The van der Waals surface area contributed by atoms with Crippen molar-refractivity contribution in [2.75, 3.05) is 13.2 Å². The minimum atomic E-state index is -0.235. The molecule has 3 atom stereocenters. The SMILES string of the molecule is CC(CO)CNC(=O)C1CC1c1ccccc1F. The van der Waals surface area contributed by atoms with E-state index in [4.69, 9.17) is 5.11 Å². The van der Waals surface area contributed by atoms with Crippen molar-refractivity contribution in [3.8, 4) is 0 Å². The second-order valence-electron chi connectivity index (χ2n) is 5.00. The van der Waals surface area contributed by atoms with E-state index in [9.17, 15) is 9.18 Å². The number of benzene rings is 1. The number of nitrogens with one attached hydrogen (secondary N) is 1. The average molecular weight is 251 g/mol. The molecule has 0 radical (unpaired) electrons. The van der Waals surface area contributed by atoms with Gasteiger partial charge in [0.15, 0.2) is 0 Å². The van der Waals surface area contributed by atoms with E-state index in [1.54, 1.807) is 18.2 Å². The van der Waals surface area contributed by atoms with E-state index >= 15 is 0 Å². The molecule has 0 heterocycles. The molecule has 1 aliphatic carbocycles. The van der Waals surface area contributed by atoms with E-state index in [0.29, 0.717) is 18.5 Å². The Hall–Kier alpha value is -1.42. The minimum absolute atomic E-state index is 0.00985. The van der Waals surface area contributed by atoms with Crippen LogP contribution >= 0.6 is 0 Å². The lowest BCUT2D eigenvalue weighted by Gasteiger charge is -2.09.